The van der Waals surface area contributed by atoms with Gasteiger partial charge in [-0.3, -0.25) is 4.79 Å². The van der Waals surface area contributed by atoms with Crippen LogP contribution in [0.3, 0.4) is 0 Å². The summed E-state index contributed by atoms with van der Waals surface area (Å²) >= 11 is 1.42. The predicted molar refractivity (Wildman–Crippen MR) is 76.2 cm³/mol. The van der Waals surface area contributed by atoms with Crippen molar-refractivity contribution in [3.8, 4) is 5.75 Å². The van der Waals surface area contributed by atoms with Crippen molar-refractivity contribution in [2.24, 2.45) is 5.73 Å². The van der Waals surface area contributed by atoms with Gasteiger partial charge in [0, 0.05) is 11.4 Å². The van der Waals surface area contributed by atoms with Crippen LogP contribution in [-0.2, 0) is 11.3 Å². The van der Waals surface area contributed by atoms with Gasteiger partial charge in [-0.05, 0) is 29.1 Å². The molecule has 0 spiro atoms. The summed E-state index contributed by atoms with van der Waals surface area (Å²) in [6.07, 6.45) is 0. The minimum Gasteiger partial charge on any atom is -0.435 e. The minimum atomic E-state index is -2.85. The molecule has 0 saturated heterocycles. The van der Waals surface area contributed by atoms with E-state index in [1.54, 1.807) is 18.2 Å². The Labute approximate surface area is 124 Å². The number of carbonyl (C=O) groups excluding carboxylic acids is 1. The van der Waals surface area contributed by atoms with Crippen molar-refractivity contribution in [2.75, 3.05) is 0 Å². The third-order valence-electron chi connectivity index (χ3n) is 2.75. The van der Waals surface area contributed by atoms with Crippen LogP contribution in [0.15, 0.2) is 41.8 Å². The lowest BCUT2D eigenvalue weighted by molar-refractivity contribution is -0.122. The number of hydrogen-bond donors (Lipinski definition) is 2. The quantitative estimate of drug-likeness (QED) is 0.862. The number of benzene rings is 1. The van der Waals surface area contributed by atoms with Gasteiger partial charge < -0.3 is 15.8 Å². The third-order valence-corrected chi connectivity index (χ3v) is 3.70. The molecule has 1 amide bonds. The van der Waals surface area contributed by atoms with Crippen LogP contribution in [-0.4, -0.2) is 12.5 Å². The monoisotopic (exact) mass is 312 g/mol. The maximum atomic E-state index is 12.0. The Morgan fingerprint density at radius 1 is 1.29 bits per heavy atom. The van der Waals surface area contributed by atoms with Crippen LogP contribution >= 0.6 is 11.3 Å². The lowest BCUT2D eigenvalue weighted by atomic mass is 10.2. The average Bonchev–Trinajstić information content (AvgIpc) is 2.99. The number of rotatable bonds is 6. The fraction of sp³-hybridized carbons (Fsp3) is 0.214. The molecule has 1 atom stereocenters. The van der Waals surface area contributed by atoms with Gasteiger partial charge in [-0.2, -0.15) is 8.78 Å². The van der Waals surface area contributed by atoms with Crippen molar-refractivity contribution >= 4 is 17.2 Å². The van der Waals surface area contributed by atoms with Gasteiger partial charge in [0.2, 0.25) is 5.91 Å². The Kier molecular flexibility index (Phi) is 5.24. The van der Waals surface area contributed by atoms with E-state index < -0.39 is 12.7 Å². The van der Waals surface area contributed by atoms with E-state index in [0.29, 0.717) is 0 Å². The van der Waals surface area contributed by atoms with E-state index >= 15 is 0 Å². The van der Waals surface area contributed by atoms with Crippen LogP contribution in [0.2, 0.25) is 0 Å². The zero-order valence-corrected chi connectivity index (χ0v) is 11.8. The smallest absolute Gasteiger partial charge is 0.387 e. The van der Waals surface area contributed by atoms with Gasteiger partial charge in [0.1, 0.15) is 11.8 Å². The molecule has 1 aromatic carbocycles. The second kappa shape index (κ2) is 7.14. The molecule has 0 aliphatic carbocycles. The lowest BCUT2D eigenvalue weighted by Gasteiger charge is -2.11. The first-order valence-electron chi connectivity index (χ1n) is 6.16. The standard InChI is InChI=1S/C14H14F2N2O2S/c15-14(16)20-10-5-3-9(4-6-10)8-18-13(19)12(17)11-2-1-7-21-11/h1-7,12,14H,8,17H2,(H,18,19). The van der Waals surface area contributed by atoms with Gasteiger partial charge in [0.25, 0.3) is 0 Å². The molecule has 2 rings (SSSR count). The van der Waals surface area contributed by atoms with E-state index in [0.717, 1.165) is 10.4 Å². The molecule has 112 valence electrons. The van der Waals surface area contributed by atoms with Crippen LogP contribution in [0.1, 0.15) is 16.5 Å². The van der Waals surface area contributed by atoms with Crippen molar-refractivity contribution in [1.29, 1.82) is 0 Å². The highest BCUT2D eigenvalue weighted by Crippen LogP contribution is 2.17. The Morgan fingerprint density at radius 3 is 2.57 bits per heavy atom. The number of amides is 1. The molecule has 0 saturated carbocycles. The van der Waals surface area contributed by atoms with E-state index in [9.17, 15) is 13.6 Å². The number of ether oxygens (including phenoxy) is 1. The predicted octanol–water partition coefficient (Wildman–Crippen LogP) is 2.67. The Bertz CT molecular complexity index is 573. The highest BCUT2D eigenvalue weighted by Gasteiger charge is 2.16. The van der Waals surface area contributed by atoms with Crippen molar-refractivity contribution in [2.45, 2.75) is 19.2 Å². The molecule has 0 aliphatic rings. The maximum Gasteiger partial charge on any atom is 0.387 e. The Hall–Kier alpha value is -1.99. The number of alkyl halides is 2. The van der Waals surface area contributed by atoms with Crippen LogP contribution in [0, 0.1) is 0 Å². The number of carbonyl (C=O) groups is 1. The van der Waals surface area contributed by atoms with Crippen LogP contribution < -0.4 is 15.8 Å². The summed E-state index contributed by atoms with van der Waals surface area (Å²) in [5.74, 6) is -0.208. The first-order valence-corrected chi connectivity index (χ1v) is 7.04. The molecule has 1 unspecified atom stereocenters. The molecule has 0 aliphatic heterocycles. The molecule has 1 aromatic heterocycles. The van der Waals surface area contributed by atoms with Crippen LogP contribution in [0.25, 0.3) is 0 Å². The lowest BCUT2D eigenvalue weighted by Crippen LogP contribution is -2.33. The van der Waals surface area contributed by atoms with E-state index in [4.69, 9.17) is 5.73 Å². The molecule has 7 heteroatoms. The topological polar surface area (TPSA) is 64.4 Å². The first kappa shape index (κ1) is 15.4. The van der Waals surface area contributed by atoms with Crippen molar-refractivity contribution < 1.29 is 18.3 Å². The molecule has 4 nitrogen and oxygen atoms in total. The maximum absolute atomic E-state index is 12.0. The largest absolute Gasteiger partial charge is 0.435 e. The fourth-order valence-corrected chi connectivity index (χ4v) is 2.41. The second-order valence-electron chi connectivity index (χ2n) is 4.23. The summed E-state index contributed by atoms with van der Waals surface area (Å²) in [5.41, 5.74) is 6.59. The zero-order valence-electron chi connectivity index (χ0n) is 11.0. The van der Waals surface area contributed by atoms with Gasteiger partial charge in [-0.25, -0.2) is 0 Å². The Balaban J connectivity index is 1.86. The number of halogens is 2. The van der Waals surface area contributed by atoms with Crippen LogP contribution in [0.4, 0.5) is 8.78 Å². The molecule has 0 fully saturated rings. The fourth-order valence-electron chi connectivity index (χ4n) is 1.69. The third kappa shape index (κ3) is 4.51. The first-order chi connectivity index (χ1) is 10.1. The summed E-state index contributed by atoms with van der Waals surface area (Å²) in [5, 5.41) is 4.55. The van der Waals surface area contributed by atoms with Gasteiger partial charge in [0.15, 0.2) is 0 Å². The zero-order chi connectivity index (χ0) is 15.2. The van der Waals surface area contributed by atoms with Crippen molar-refractivity contribution in [3.63, 3.8) is 0 Å². The van der Waals surface area contributed by atoms with E-state index in [-0.39, 0.29) is 18.2 Å². The molecule has 3 N–H and O–H groups in total. The van der Waals surface area contributed by atoms with Crippen LogP contribution in [0.5, 0.6) is 5.75 Å². The van der Waals surface area contributed by atoms with Gasteiger partial charge in [0.05, 0.1) is 0 Å². The van der Waals surface area contributed by atoms with E-state index in [2.05, 4.69) is 10.1 Å². The second-order valence-corrected chi connectivity index (χ2v) is 5.21. The Morgan fingerprint density at radius 2 is 2.00 bits per heavy atom. The summed E-state index contributed by atoms with van der Waals surface area (Å²) in [6, 6.07) is 8.98. The molecule has 1 heterocycles. The van der Waals surface area contributed by atoms with E-state index in [1.807, 2.05) is 11.4 Å². The van der Waals surface area contributed by atoms with Gasteiger partial charge in [-0.1, -0.05) is 18.2 Å². The SMILES string of the molecule is NC(C(=O)NCc1ccc(OC(F)F)cc1)c1cccs1. The van der Waals surface area contributed by atoms with E-state index in [1.165, 1.54) is 23.5 Å². The number of hydrogen-bond acceptors (Lipinski definition) is 4. The molecule has 21 heavy (non-hydrogen) atoms. The normalized spacial score (nSPS) is 12.2. The summed E-state index contributed by atoms with van der Waals surface area (Å²) in [7, 11) is 0. The number of thiophene rings is 1. The highest BCUT2D eigenvalue weighted by molar-refractivity contribution is 7.10. The van der Waals surface area contributed by atoms with Crippen molar-refractivity contribution in [1.82, 2.24) is 5.32 Å². The van der Waals surface area contributed by atoms with Crippen molar-refractivity contribution in [3.05, 3.63) is 52.2 Å². The number of nitrogens with one attached hydrogen (secondary N) is 1. The summed E-state index contributed by atoms with van der Waals surface area (Å²) < 4.78 is 28.3. The highest BCUT2D eigenvalue weighted by atomic mass is 32.1. The van der Waals surface area contributed by atoms with Gasteiger partial charge >= 0.3 is 6.61 Å². The number of nitrogens with two attached hydrogens (primary N) is 1. The minimum absolute atomic E-state index is 0.0790. The molecular weight excluding hydrogens is 298 g/mol. The summed E-state index contributed by atoms with van der Waals surface area (Å²) in [4.78, 5) is 12.7. The molecule has 0 radical (unpaired) electrons. The molecule has 2 aromatic rings. The van der Waals surface area contributed by atoms with Gasteiger partial charge in [-0.15, -0.1) is 11.3 Å². The average molecular weight is 312 g/mol. The molecular formula is C14H14F2N2O2S. The molecule has 0 bridgehead atoms. The summed E-state index contributed by atoms with van der Waals surface area (Å²) in [6.45, 7) is -2.58.